The molecule has 0 amide bonds. The van der Waals surface area contributed by atoms with Gasteiger partial charge in [0.2, 0.25) is 0 Å². The van der Waals surface area contributed by atoms with E-state index in [0.717, 1.165) is 29.5 Å². The summed E-state index contributed by atoms with van der Waals surface area (Å²) in [6, 6.07) is 4.93. The molecule has 1 atom stereocenters. The highest BCUT2D eigenvalue weighted by Crippen LogP contribution is 2.52. The number of hydrogen-bond donors (Lipinski definition) is 0. The third-order valence-corrected chi connectivity index (χ3v) is 4.57. The number of allylic oxidation sites excluding steroid dienone is 4. The van der Waals surface area contributed by atoms with Crippen LogP contribution in [0.1, 0.15) is 43.2 Å². The zero-order valence-electron chi connectivity index (χ0n) is 10.6. The van der Waals surface area contributed by atoms with Crippen molar-refractivity contribution in [3.63, 3.8) is 0 Å². The molecule has 1 unspecified atom stereocenters. The first kappa shape index (κ1) is 13.0. The Morgan fingerprint density at radius 2 is 2.21 bits per heavy atom. The minimum absolute atomic E-state index is 0.127. The molecule has 1 aromatic carbocycles. The number of hydrogen-bond acceptors (Lipinski definition) is 1. The van der Waals surface area contributed by atoms with Crippen molar-refractivity contribution < 1.29 is 4.79 Å². The van der Waals surface area contributed by atoms with E-state index in [2.05, 4.69) is 13.0 Å². The number of rotatable bonds is 2. The number of benzene rings is 1. The average Bonchev–Trinajstić information content (AvgIpc) is 2.69. The van der Waals surface area contributed by atoms with Gasteiger partial charge in [-0.1, -0.05) is 42.6 Å². The van der Waals surface area contributed by atoms with Crippen LogP contribution in [0.4, 0.5) is 0 Å². The van der Waals surface area contributed by atoms with E-state index in [9.17, 15) is 4.79 Å². The maximum Gasteiger partial charge on any atom is 0.160 e. The van der Waals surface area contributed by atoms with Gasteiger partial charge in [-0.3, -0.25) is 4.79 Å². The lowest BCUT2D eigenvalue weighted by Gasteiger charge is -2.14. The smallest absolute Gasteiger partial charge is 0.160 e. The first-order chi connectivity index (χ1) is 9.13. The molecule has 0 saturated heterocycles. The Morgan fingerprint density at radius 1 is 1.42 bits per heavy atom. The van der Waals surface area contributed by atoms with Gasteiger partial charge in [0.1, 0.15) is 0 Å². The van der Waals surface area contributed by atoms with Crippen LogP contribution in [-0.4, -0.2) is 5.78 Å². The fourth-order valence-electron chi connectivity index (χ4n) is 3.00. The minimum atomic E-state index is 0.127. The predicted molar refractivity (Wildman–Crippen MR) is 78.6 cm³/mol. The molecule has 3 heteroatoms. The maximum atomic E-state index is 11.7. The largest absolute Gasteiger partial charge is 0.294 e. The van der Waals surface area contributed by atoms with Crippen LogP contribution in [-0.2, 0) is 4.79 Å². The molecule has 0 spiro atoms. The second-order valence-electron chi connectivity index (χ2n) is 4.98. The van der Waals surface area contributed by atoms with Crippen molar-refractivity contribution >= 4 is 34.6 Å². The Balaban J connectivity index is 2.25. The van der Waals surface area contributed by atoms with E-state index in [1.165, 1.54) is 5.57 Å². The van der Waals surface area contributed by atoms with E-state index in [4.69, 9.17) is 23.2 Å². The lowest BCUT2D eigenvalue weighted by Crippen LogP contribution is -2.02. The number of carbonyl (C=O) groups excluding carboxylic acids is 1. The Hall–Kier alpha value is -1.05. The number of halogens is 2. The molecule has 0 aromatic heterocycles. The molecule has 2 aliphatic rings. The first-order valence-corrected chi connectivity index (χ1v) is 7.24. The normalized spacial score (nSPS) is 20.8. The fraction of sp³-hybridized carbons (Fsp3) is 0.312. The summed E-state index contributed by atoms with van der Waals surface area (Å²) in [4.78, 5) is 11.7. The van der Waals surface area contributed by atoms with Crippen LogP contribution in [0.5, 0.6) is 0 Å². The van der Waals surface area contributed by atoms with Crippen LogP contribution in [0, 0.1) is 6.07 Å². The van der Waals surface area contributed by atoms with Gasteiger partial charge in [-0.15, -0.1) is 0 Å². The monoisotopic (exact) mass is 291 g/mol. The summed E-state index contributed by atoms with van der Waals surface area (Å²) in [6.07, 6.45) is 6.38. The molecule has 97 valence electrons. The quantitative estimate of drug-likeness (QED) is 0.751. The SMILES string of the molecule is CCCC1C2=CCC(=O)C=C2c2c1c[c]c(Cl)c2Cl. The van der Waals surface area contributed by atoms with Gasteiger partial charge in [-0.25, -0.2) is 0 Å². The third kappa shape index (κ3) is 1.96. The van der Waals surface area contributed by atoms with Crippen molar-refractivity contribution in [2.45, 2.75) is 32.1 Å². The summed E-state index contributed by atoms with van der Waals surface area (Å²) in [5.41, 5.74) is 4.28. The zero-order valence-corrected chi connectivity index (χ0v) is 12.1. The lowest BCUT2D eigenvalue weighted by molar-refractivity contribution is -0.113. The number of carbonyl (C=O) groups is 1. The molecule has 0 fully saturated rings. The van der Waals surface area contributed by atoms with Crippen molar-refractivity contribution in [2.24, 2.45) is 0 Å². The molecular weight excluding hydrogens is 279 g/mol. The zero-order chi connectivity index (χ0) is 13.6. The first-order valence-electron chi connectivity index (χ1n) is 6.48. The van der Waals surface area contributed by atoms with E-state index in [1.54, 1.807) is 6.08 Å². The van der Waals surface area contributed by atoms with Crippen molar-refractivity contribution in [2.75, 3.05) is 0 Å². The minimum Gasteiger partial charge on any atom is -0.294 e. The Labute approximate surface area is 122 Å². The van der Waals surface area contributed by atoms with E-state index in [1.807, 2.05) is 12.1 Å². The lowest BCUT2D eigenvalue weighted by atomic mass is 9.89. The molecule has 0 bridgehead atoms. The Bertz CT molecular complexity index is 626. The van der Waals surface area contributed by atoms with Gasteiger partial charge in [0, 0.05) is 24.0 Å². The molecule has 3 rings (SSSR count). The van der Waals surface area contributed by atoms with Crippen LogP contribution >= 0.6 is 23.2 Å². The highest BCUT2D eigenvalue weighted by atomic mass is 35.5. The molecule has 0 heterocycles. The van der Waals surface area contributed by atoms with Crippen LogP contribution in [0.25, 0.3) is 5.57 Å². The van der Waals surface area contributed by atoms with Gasteiger partial charge < -0.3 is 0 Å². The van der Waals surface area contributed by atoms with Gasteiger partial charge in [-0.05, 0) is 35.3 Å². The summed E-state index contributed by atoms with van der Waals surface area (Å²) >= 11 is 12.4. The molecule has 19 heavy (non-hydrogen) atoms. The van der Waals surface area contributed by atoms with Crippen molar-refractivity contribution in [3.05, 3.63) is 51.0 Å². The predicted octanol–water partition coefficient (Wildman–Crippen LogP) is 4.97. The van der Waals surface area contributed by atoms with E-state index >= 15 is 0 Å². The topological polar surface area (TPSA) is 17.1 Å². The summed E-state index contributed by atoms with van der Waals surface area (Å²) in [5, 5.41) is 0.945. The third-order valence-electron chi connectivity index (χ3n) is 3.79. The highest BCUT2D eigenvalue weighted by molar-refractivity contribution is 6.43. The molecule has 0 saturated carbocycles. The van der Waals surface area contributed by atoms with Gasteiger partial charge in [0.25, 0.3) is 0 Å². The summed E-state index contributed by atoms with van der Waals surface area (Å²) < 4.78 is 0. The standard InChI is InChI=1S/C16H13Cl2O/c1-2-3-10-11-5-4-9(19)8-13(11)15-12(10)6-7-14(17)16(15)18/h5-6,8,10H,2-4H2,1H3. The fourth-order valence-corrected chi connectivity index (χ4v) is 3.41. The van der Waals surface area contributed by atoms with Crippen LogP contribution < -0.4 is 0 Å². The van der Waals surface area contributed by atoms with Crippen LogP contribution in [0.2, 0.25) is 10.0 Å². The van der Waals surface area contributed by atoms with Crippen LogP contribution in [0.3, 0.4) is 0 Å². The summed E-state index contributed by atoms with van der Waals surface area (Å²) in [6.45, 7) is 2.16. The van der Waals surface area contributed by atoms with E-state index in [0.29, 0.717) is 22.4 Å². The van der Waals surface area contributed by atoms with E-state index in [-0.39, 0.29) is 5.78 Å². The Morgan fingerprint density at radius 3 is 2.95 bits per heavy atom. The van der Waals surface area contributed by atoms with Gasteiger partial charge in [0.05, 0.1) is 10.0 Å². The molecule has 0 aliphatic heterocycles. The molecular formula is C16H13Cl2O. The molecule has 1 radical (unpaired) electrons. The summed E-state index contributed by atoms with van der Waals surface area (Å²) in [5.74, 6) is 0.451. The van der Waals surface area contributed by atoms with Crippen molar-refractivity contribution in [1.82, 2.24) is 0 Å². The van der Waals surface area contributed by atoms with Gasteiger partial charge in [-0.2, -0.15) is 0 Å². The maximum absolute atomic E-state index is 11.7. The molecule has 1 nitrogen and oxygen atoms in total. The average molecular weight is 292 g/mol. The van der Waals surface area contributed by atoms with Gasteiger partial charge in [0.15, 0.2) is 5.78 Å². The second kappa shape index (κ2) is 4.81. The molecule has 1 aromatic rings. The van der Waals surface area contributed by atoms with Crippen LogP contribution in [0.15, 0.2) is 23.8 Å². The second-order valence-corrected chi connectivity index (χ2v) is 5.73. The highest BCUT2D eigenvalue weighted by Gasteiger charge is 2.35. The number of fused-ring (bicyclic) bond motifs is 3. The Kier molecular flexibility index (Phi) is 3.28. The molecule has 0 N–H and O–H groups in total. The summed E-state index contributed by atoms with van der Waals surface area (Å²) in [7, 11) is 0. The van der Waals surface area contributed by atoms with Gasteiger partial charge >= 0.3 is 0 Å². The van der Waals surface area contributed by atoms with E-state index < -0.39 is 0 Å². The van der Waals surface area contributed by atoms with Crippen molar-refractivity contribution in [3.8, 4) is 0 Å². The number of ketones is 1. The molecule has 2 aliphatic carbocycles. The van der Waals surface area contributed by atoms with Crippen molar-refractivity contribution in [1.29, 1.82) is 0 Å².